The molecular formula is C13H14ClN. The summed E-state index contributed by atoms with van der Waals surface area (Å²) in [6.07, 6.45) is 2.22. The zero-order chi connectivity index (χ0) is 11.0. The smallest absolute Gasteiger partial charge is 0.0479 e. The molecule has 0 saturated heterocycles. The number of benzene rings is 1. The maximum atomic E-state index is 5.94. The Morgan fingerprint density at radius 3 is 2.80 bits per heavy atom. The van der Waals surface area contributed by atoms with Crippen molar-refractivity contribution in [3.8, 4) is 0 Å². The van der Waals surface area contributed by atoms with Crippen LogP contribution in [0.1, 0.15) is 13.8 Å². The highest BCUT2D eigenvalue weighted by Gasteiger charge is 2.00. The first kappa shape index (κ1) is 10.3. The van der Waals surface area contributed by atoms with E-state index in [1.54, 1.807) is 0 Å². The molecule has 2 aromatic rings. The van der Waals surface area contributed by atoms with Crippen molar-refractivity contribution in [2.45, 2.75) is 13.8 Å². The lowest BCUT2D eigenvalue weighted by Gasteiger charge is -1.93. The maximum absolute atomic E-state index is 5.94. The molecule has 0 atom stereocenters. The lowest BCUT2D eigenvalue weighted by Crippen LogP contribution is -2.21. The third-order valence-electron chi connectivity index (χ3n) is 2.38. The number of aromatic nitrogens is 1. The predicted molar refractivity (Wildman–Crippen MR) is 67.4 cm³/mol. The van der Waals surface area contributed by atoms with E-state index in [1.807, 2.05) is 18.2 Å². The summed E-state index contributed by atoms with van der Waals surface area (Å²) >= 11 is 5.94. The summed E-state index contributed by atoms with van der Waals surface area (Å²) in [5.41, 5.74) is 1.06. The van der Waals surface area contributed by atoms with E-state index in [9.17, 15) is 0 Å². The van der Waals surface area contributed by atoms with Gasteiger partial charge in [0, 0.05) is 26.5 Å². The van der Waals surface area contributed by atoms with Crippen LogP contribution in [0.15, 0.2) is 18.2 Å². The SMILES string of the molecule is C=c1[nH]c2cc(Cl)ccc2c1=CC(C)C. The highest BCUT2D eigenvalue weighted by atomic mass is 35.5. The van der Waals surface area contributed by atoms with Gasteiger partial charge in [0.15, 0.2) is 0 Å². The van der Waals surface area contributed by atoms with Gasteiger partial charge in [-0.05, 0) is 18.1 Å². The van der Waals surface area contributed by atoms with Crippen LogP contribution in [-0.4, -0.2) is 4.98 Å². The van der Waals surface area contributed by atoms with Crippen molar-refractivity contribution in [2.24, 2.45) is 5.92 Å². The summed E-state index contributed by atoms with van der Waals surface area (Å²) in [7, 11) is 0. The Kier molecular flexibility index (Phi) is 2.57. The number of H-pyrrole nitrogens is 1. The Morgan fingerprint density at radius 1 is 1.40 bits per heavy atom. The fourth-order valence-electron chi connectivity index (χ4n) is 1.77. The van der Waals surface area contributed by atoms with Crippen LogP contribution in [0.4, 0.5) is 0 Å². The fourth-order valence-corrected chi connectivity index (χ4v) is 1.94. The zero-order valence-corrected chi connectivity index (χ0v) is 9.73. The van der Waals surface area contributed by atoms with E-state index in [0.717, 1.165) is 15.9 Å². The highest BCUT2D eigenvalue weighted by molar-refractivity contribution is 6.31. The van der Waals surface area contributed by atoms with Crippen molar-refractivity contribution in [3.05, 3.63) is 33.8 Å². The average Bonchev–Trinajstić information content (AvgIpc) is 2.41. The molecule has 2 rings (SSSR count). The third kappa shape index (κ3) is 1.93. The van der Waals surface area contributed by atoms with Gasteiger partial charge < -0.3 is 4.98 Å². The van der Waals surface area contributed by atoms with Crippen molar-refractivity contribution < 1.29 is 0 Å². The van der Waals surface area contributed by atoms with Gasteiger partial charge in [-0.1, -0.05) is 44.2 Å². The summed E-state index contributed by atoms with van der Waals surface area (Å²) in [5, 5.41) is 4.09. The number of hydrogen-bond acceptors (Lipinski definition) is 0. The van der Waals surface area contributed by atoms with Crippen molar-refractivity contribution in [1.82, 2.24) is 4.98 Å². The molecule has 0 unspecified atom stereocenters. The molecule has 1 heterocycles. The molecule has 0 fully saturated rings. The van der Waals surface area contributed by atoms with Crippen LogP contribution < -0.4 is 10.6 Å². The molecule has 1 aromatic heterocycles. The molecule has 78 valence electrons. The van der Waals surface area contributed by atoms with Gasteiger partial charge in [0.2, 0.25) is 0 Å². The van der Waals surface area contributed by atoms with Gasteiger partial charge >= 0.3 is 0 Å². The molecule has 2 heteroatoms. The van der Waals surface area contributed by atoms with E-state index in [4.69, 9.17) is 11.6 Å². The normalized spacial score (nSPS) is 12.9. The number of fused-ring (bicyclic) bond motifs is 1. The Labute approximate surface area is 94.1 Å². The maximum Gasteiger partial charge on any atom is 0.0479 e. The number of nitrogens with one attached hydrogen (secondary N) is 1. The van der Waals surface area contributed by atoms with Gasteiger partial charge in [-0.2, -0.15) is 0 Å². The second-order valence-corrected chi connectivity index (χ2v) is 4.55. The van der Waals surface area contributed by atoms with E-state index in [2.05, 4.69) is 31.5 Å². The molecular weight excluding hydrogens is 206 g/mol. The van der Waals surface area contributed by atoms with Gasteiger partial charge in [0.1, 0.15) is 0 Å². The Morgan fingerprint density at radius 2 is 2.13 bits per heavy atom. The molecule has 1 aromatic carbocycles. The fraction of sp³-hybridized carbons (Fsp3) is 0.231. The Hall–Kier alpha value is -1.21. The second kappa shape index (κ2) is 3.74. The monoisotopic (exact) mass is 219 g/mol. The molecule has 0 aliphatic rings. The van der Waals surface area contributed by atoms with Gasteiger partial charge in [0.05, 0.1) is 0 Å². The van der Waals surface area contributed by atoms with Crippen LogP contribution in [0.25, 0.3) is 23.6 Å². The van der Waals surface area contributed by atoms with Crippen molar-refractivity contribution in [2.75, 3.05) is 0 Å². The summed E-state index contributed by atoms with van der Waals surface area (Å²) in [4.78, 5) is 3.25. The second-order valence-electron chi connectivity index (χ2n) is 4.12. The van der Waals surface area contributed by atoms with E-state index in [-0.39, 0.29) is 0 Å². The summed E-state index contributed by atoms with van der Waals surface area (Å²) in [6, 6.07) is 5.88. The molecule has 0 amide bonds. The predicted octanol–water partition coefficient (Wildman–Crippen LogP) is 2.67. The van der Waals surface area contributed by atoms with Gasteiger partial charge in [-0.15, -0.1) is 0 Å². The van der Waals surface area contributed by atoms with Crippen LogP contribution in [0.5, 0.6) is 0 Å². The molecule has 1 nitrogen and oxygen atoms in total. The lowest BCUT2D eigenvalue weighted by atomic mass is 10.1. The standard InChI is InChI=1S/C13H14ClN/c1-8(2)6-12-9(3)15-13-7-10(14)4-5-11(12)13/h4-8,15H,3H2,1-2H3. The number of rotatable bonds is 1. The van der Waals surface area contributed by atoms with Crippen LogP contribution in [0.2, 0.25) is 5.02 Å². The number of hydrogen-bond donors (Lipinski definition) is 1. The molecule has 0 saturated carbocycles. The largest absolute Gasteiger partial charge is 0.355 e. The zero-order valence-electron chi connectivity index (χ0n) is 8.97. The Bertz CT molecular complexity index is 593. The van der Waals surface area contributed by atoms with E-state index < -0.39 is 0 Å². The molecule has 0 bridgehead atoms. The van der Waals surface area contributed by atoms with Crippen molar-refractivity contribution >= 4 is 35.2 Å². The average molecular weight is 220 g/mol. The minimum absolute atomic E-state index is 0.514. The molecule has 15 heavy (non-hydrogen) atoms. The van der Waals surface area contributed by atoms with Gasteiger partial charge in [0.25, 0.3) is 0 Å². The van der Waals surface area contributed by atoms with E-state index in [1.165, 1.54) is 10.6 Å². The Balaban J connectivity index is 2.86. The van der Waals surface area contributed by atoms with Crippen LogP contribution in [0, 0.1) is 5.92 Å². The minimum atomic E-state index is 0.514. The van der Waals surface area contributed by atoms with Crippen LogP contribution >= 0.6 is 11.6 Å². The first-order valence-corrected chi connectivity index (χ1v) is 5.44. The van der Waals surface area contributed by atoms with Crippen molar-refractivity contribution in [3.63, 3.8) is 0 Å². The van der Waals surface area contributed by atoms with Crippen molar-refractivity contribution in [1.29, 1.82) is 0 Å². The topological polar surface area (TPSA) is 15.8 Å². The van der Waals surface area contributed by atoms with Crippen LogP contribution in [0.3, 0.4) is 0 Å². The van der Waals surface area contributed by atoms with E-state index >= 15 is 0 Å². The number of halogens is 1. The molecule has 0 spiro atoms. The summed E-state index contributed by atoms with van der Waals surface area (Å²) < 4.78 is 0. The third-order valence-corrected chi connectivity index (χ3v) is 2.62. The quantitative estimate of drug-likeness (QED) is 0.759. The molecule has 0 radical (unpaired) electrons. The molecule has 1 N–H and O–H groups in total. The van der Waals surface area contributed by atoms with E-state index in [0.29, 0.717) is 5.92 Å². The highest BCUT2D eigenvalue weighted by Crippen LogP contribution is 2.13. The molecule has 0 aliphatic carbocycles. The van der Waals surface area contributed by atoms with Gasteiger partial charge in [-0.25, -0.2) is 0 Å². The minimum Gasteiger partial charge on any atom is -0.355 e. The lowest BCUT2D eigenvalue weighted by molar-refractivity contribution is 0.881. The summed E-state index contributed by atoms with van der Waals surface area (Å²) in [5.74, 6) is 0.514. The first-order valence-electron chi connectivity index (χ1n) is 5.06. The number of aromatic amines is 1. The van der Waals surface area contributed by atoms with Gasteiger partial charge in [-0.3, -0.25) is 0 Å². The van der Waals surface area contributed by atoms with Crippen LogP contribution in [-0.2, 0) is 0 Å². The first-order chi connectivity index (χ1) is 7.08. The summed E-state index contributed by atoms with van der Waals surface area (Å²) in [6.45, 7) is 8.33. The molecule has 0 aliphatic heterocycles.